The van der Waals surface area contributed by atoms with Crippen molar-refractivity contribution in [1.82, 2.24) is 5.48 Å². The zero-order valence-electron chi connectivity index (χ0n) is 10.7. The van der Waals surface area contributed by atoms with Crippen LogP contribution in [0.2, 0.25) is 0 Å². The molecule has 2 heterocycles. The monoisotopic (exact) mass is 247 g/mol. The van der Waals surface area contributed by atoms with E-state index in [4.69, 9.17) is 24.2 Å². The summed E-state index contributed by atoms with van der Waals surface area (Å²) < 4.78 is 22.8. The molecule has 2 N–H and O–H groups in total. The van der Waals surface area contributed by atoms with Crippen LogP contribution in [0.1, 0.15) is 27.7 Å². The third-order valence-corrected chi connectivity index (χ3v) is 2.91. The highest BCUT2D eigenvalue weighted by Gasteiger charge is 2.49. The summed E-state index contributed by atoms with van der Waals surface area (Å²) in [5, 5.41) is 8.80. The molecule has 0 unspecified atom stereocenters. The first kappa shape index (κ1) is 13.2. The minimum atomic E-state index is -0.664. The number of hydrogen-bond acceptors (Lipinski definition) is 6. The summed E-state index contributed by atoms with van der Waals surface area (Å²) in [6, 6.07) is 0. The Labute approximate surface area is 101 Å². The molecule has 0 aromatic heterocycles. The van der Waals surface area contributed by atoms with Gasteiger partial charge in [-0.3, -0.25) is 0 Å². The highest BCUT2D eigenvalue weighted by molar-refractivity contribution is 4.90. The summed E-state index contributed by atoms with van der Waals surface area (Å²) in [5.41, 5.74) is 2.12. The van der Waals surface area contributed by atoms with Crippen molar-refractivity contribution >= 4 is 0 Å². The standard InChI is InChI=1S/C11H21NO5/c1-10(2)14-6-8(16-10)9-7(5-12-13)15-11(3,4)17-9/h7-9,12-13H,5-6H2,1-4H3/t7-,8-,9+/m1/s1. The third kappa shape index (κ3) is 2.96. The van der Waals surface area contributed by atoms with Crippen LogP contribution in [0.25, 0.3) is 0 Å². The van der Waals surface area contributed by atoms with E-state index < -0.39 is 11.6 Å². The highest BCUT2D eigenvalue weighted by Crippen LogP contribution is 2.35. The highest BCUT2D eigenvalue weighted by atomic mass is 16.8. The summed E-state index contributed by atoms with van der Waals surface area (Å²) in [7, 11) is 0. The van der Waals surface area contributed by atoms with E-state index in [2.05, 4.69) is 5.48 Å². The van der Waals surface area contributed by atoms with E-state index in [-0.39, 0.29) is 18.3 Å². The Morgan fingerprint density at radius 3 is 2.35 bits per heavy atom. The van der Waals surface area contributed by atoms with E-state index in [0.29, 0.717) is 13.2 Å². The predicted octanol–water partition coefficient (Wildman–Crippen LogP) is 0.637. The molecule has 0 amide bonds. The van der Waals surface area contributed by atoms with Gasteiger partial charge in [0.2, 0.25) is 0 Å². The van der Waals surface area contributed by atoms with Gasteiger partial charge in [0, 0.05) is 6.54 Å². The Balaban J connectivity index is 2.03. The SMILES string of the molecule is CC1(C)OC[C@H]([C@H]2OC(C)(C)O[C@@H]2CNO)O1. The van der Waals surface area contributed by atoms with Gasteiger partial charge in [-0.2, -0.15) is 0 Å². The van der Waals surface area contributed by atoms with Crippen molar-refractivity contribution in [2.45, 2.75) is 57.6 Å². The average Bonchev–Trinajstić information content (AvgIpc) is 2.67. The Bertz CT molecular complexity index is 281. The molecule has 6 nitrogen and oxygen atoms in total. The van der Waals surface area contributed by atoms with Crippen molar-refractivity contribution in [2.75, 3.05) is 13.2 Å². The lowest BCUT2D eigenvalue weighted by atomic mass is 10.1. The summed E-state index contributed by atoms with van der Waals surface area (Å²) in [4.78, 5) is 0. The lowest BCUT2D eigenvalue weighted by Gasteiger charge is -2.23. The van der Waals surface area contributed by atoms with Crippen molar-refractivity contribution in [1.29, 1.82) is 0 Å². The lowest BCUT2D eigenvalue weighted by Crippen LogP contribution is -2.42. The summed E-state index contributed by atoms with van der Waals surface area (Å²) in [6.45, 7) is 8.20. The molecule has 0 bridgehead atoms. The van der Waals surface area contributed by atoms with Gasteiger partial charge in [-0.05, 0) is 27.7 Å². The average molecular weight is 247 g/mol. The van der Waals surface area contributed by atoms with Crippen LogP contribution in [0, 0.1) is 0 Å². The number of hydrogen-bond donors (Lipinski definition) is 2. The van der Waals surface area contributed by atoms with Crippen LogP contribution in [0.3, 0.4) is 0 Å². The number of ether oxygens (including phenoxy) is 4. The molecule has 2 rings (SSSR count). The Morgan fingerprint density at radius 2 is 1.82 bits per heavy atom. The van der Waals surface area contributed by atoms with Crippen LogP contribution >= 0.6 is 0 Å². The van der Waals surface area contributed by atoms with Gasteiger partial charge >= 0.3 is 0 Å². The van der Waals surface area contributed by atoms with E-state index in [0.717, 1.165) is 0 Å². The number of nitrogens with one attached hydrogen (secondary N) is 1. The zero-order valence-corrected chi connectivity index (χ0v) is 10.7. The molecule has 0 spiro atoms. The minimum Gasteiger partial charge on any atom is -0.348 e. The summed E-state index contributed by atoms with van der Waals surface area (Å²) >= 11 is 0. The van der Waals surface area contributed by atoms with E-state index in [1.807, 2.05) is 27.7 Å². The van der Waals surface area contributed by atoms with Crippen molar-refractivity contribution in [3.05, 3.63) is 0 Å². The van der Waals surface area contributed by atoms with Crippen molar-refractivity contribution in [3.63, 3.8) is 0 Å². The number of hydroxylamine groups is 1. The Hall–Kier alpha value is -0.240. The van der Waals surface area contributed by atoms with E-state index in [9.17, 15) is 0 Å². The molecule has 2 saturated heterocycles. The molecule has 0 radical (unpaired) electrons. The second-order valence-electron chi connectivity index (χ2n) is 5.37. The molecule has 0 aliphatic carbocycles. The second kappa shape index (κ2) is 4.46. The maximum absolute atomic E-state index is 8.80. The fourth-order valence-electron chi connectivity index (χ4n) is 2.30. The fourth-order valence-corrected chi connectivity index (χ4v) is 2.30. The third-order valence-electron chi connectivity index (χ3n) is 2.91. The van der Waals surface area contributed by atoms with Gasteiger partial charge in [0.05, 0.1) is 6.61 Å². The van der Waals surface area contributed by atoms with E-state index in [1.54, 1.807) is 0 Å². The molecule has 6 heteroatoms. The quantitative estimate of drug-likeness (QED) is 0.713. The molecule has 0 aromatic carbocycles. The zero-order chi connectivity index (χ0) is 12.7. The van der Waals surface area contributed by atoms with E-state index >= 15 is 0 Å². The topological polar surface area (TPSA) is 69.2 Å². The van der Waals surface area contributed by atoms with Gasteiger partial charge in [0.1, 0.15) is 18.3 Å². The van der Waals surface area contributed by atoms with E-state index in [1.165, 1.54) is 0 Å². The van der Waals surface area contributed by atoms with Crippen LogP contribution in [0.4, 0.5) is 0 Å². The maximum atomic E-state index is 8.80. The molecule has 0 aromatic rings. The minimum absolute atomic E-state index is 0.176. The first-order chi connectivity index (χ1) is 7.83. The molecule has 2 fully saturated rings. The van der Waals surface area contributed by atoms with Crippen molar-refractivity contribution in [3.8, 4) is 0 Å². The van der Waals surface area contributed by atoms with Crippen molar-refractivity contribution < 1.29 is 24.2 Å². The largest absolute Gasteiger partial charge is 0.348 e. The number of rotatable bonds is 3. The lowest BCUT2D eigenvalue weighted by molar-refractivity contribution is -0.174. The Kier molecular flexibility index (Phi) is 3.46. The van der Waals surface area contributed by atoms with Gasteiger partial charge < -0.3 is 24.2 Å². The molecule has 17 heavy (non-hydrogen) atoms. The molecule has 2 aliphatic rings. The van der Waals surface area contributed by atoms with Crippen LogP contribution in [0.15, 0.2) is 0 Å². The smallest absolute Gasteiger partial charge is 0.163 e. The molecular weight excluding hydrogens is 226 g/mol. The molecule has 0 saturated carbocycles. The van der Waals surface area contributed by atoms with Crippen LogP contribution in [-0.4, -0.2) is 48.2 Å². The van der Waals surface area contributed by atoms with Crippen LogP contribution < -0.4 is 5.48 Å². The van der Waals surface area contributed by atoms with Gasteiger partial charge in [-0.15, -0.1) is 0 Å². The van der Waals surface area contributed by atoms with Crippen molar-refractivity contribution in [2.24, 2.45) is 0 Å². The van der Waals surface area contributed by atoms with Gasteiger partial charge in [-0.1, -0.05) is 0 Å². The molecule has 3 atom stereocenters. The first-order valence-corrected chi connectivity index (χ1v) is 5.87. The van der Waals surface area contributed by atoms with Gasteiger partial charge in [-0.25, -0.2) is 5.48 Å². The fraction of sp³-hybridized carbons (Fsp3) is 1.00. The predicted molar refractivity (Wildman–Crippen MR) is 58.5 cm³/mol. The maximum Gasteiger partial charge on any atom is 0.163 e. The Morgan fingerprint density at radius 1 is 1.12 bits per heavy atom. The van der Waals surface area contributed by atoms with Crippen LogP contribution in [-0.2, 0) is 18.9 Å². The molecular formula is C11H21NO5. The summed E-state index contributed by atoms with van der Waals surface area (Å²) in [6.07, 6.45) is -0.672. The summed E-state index contributed by atoms with van der Waals surface area (Å²) in [5.74, 6) is -1.25. The molecule has 2 aliphatic heterocycles. The molecule has 100 valence electrons. The van der Waals surface area contributed by atoms with Gasteiger partial charge in [0.25, 0.3) is 0 Å². The first-order valence-electron chi connectivity index (χ1n) is 5.87. The van der Waals surface area contributed by atoms with Gasteiger partial charge in [0.15, 0.2) is 11.6 Å². The second-order valence-corrected chi connectivity index (χ2v) is 5.37. The normalized spacial score (nSPS) is 39.7. The van der Waals surface area contributed by atoms with Crippen LogP contribution in [0.5, 0.6) is 0 Å².